The zero-order chi connectivity index (χ0) is 23.6. The van der Waals surface area contributed by atoms with Gasteiger partial charge in [0, 0.05) is 12.2 Å². The molecule has 2 aromatic carbocycles. The van der Waals surface area contributed by atoms with Crippen molar-refractivity contribution in [3.05, 3.63) is 69.0 Å². The first-order valence-corrected chi connectivity index (χ1v) is 10.2. The molecule has 0 bridgehead atoms. The molecule has 32 heavy (non-hydrogen) atoms. The highest BCUT2D eigenvalue weighted by Crippen LogP contribution is 2.24. The van der Waals surface area contributed by atoms with E-state index >= 15 is 0 Å². The lowest BCUT2D eigenvalue weighted by Crippen LogP contribution is -2.26. The highest BCUT2D eigenvalue weighted by atomic mass is 19.1. The SMILES string of the molecule is C#CCN(Cc1cc2c(=O)[nH]c(C)nc2cc1C)c1ccc(C(=O)OC(C)(C)C)c(F)c1. The fourth-order valence-corrected chi connectivity index (χ4v) is 3.38. The maximum absolute atomic E-state index is 14.8. The van der Waals surface area contributed by atoms with Crippen molar-refractivity contribution >= 4 is 22.6 Å². The summed E-state index contributed by atoms with van der Waals surface area (Å²) in [4.78, 5) is 33.5. The Morgan fingerprint density at radius 3 is 2.59 bits per heavy atom. The fraction of sp³-hybridized carbons (Fsp3) is 0.320. The normalized spacial score (nSPS) is 11.3. The fourth-order valence-electron chi connectivity index (χ4n) is 3.38. The summed E-state index contributed by atoms with van der Waals surface area (Å²) in [7, 11) is 0. The molecule has 0 aliphatic rings. The lowest BCUT2D eigenvalue weighted by Gasteiger charge is -2.24. The number of aromatic amines is 1. The van der Waals surface area contributed by atoms with Crippen LogP contribution in [0.5, 0.6) is 0 Å². The second kappa shape index (κ2) is 8.83. The summed E-state index contributed by atoms with van der Waals surface area (Å²) in [6.07, 6.45) is 5.55. The first-order chi connectivity index (χ1) is 15.0. The molecule has 0 saturated carbocycles. The van der Waals surface area contributed by atoms with Crippen molar-refractivity contribution in [2.75, 3.05) is 11.4 Å². The number of hydrogen-bond acceptors (Lipinski definition) is 5. The number of benzene rings is 2. The van der Waals surface area contributed by atoms with Gasteiger partial charge in [0.05, 0.1) is 23.0 Å². The van der Waals surface area contributed by atoms with Crippen LogP contribution in [0, 0.1) is 32.0 Å². The summed E-state index contributed by atoms with van der Waals surface area (Å²) in [6.45, 7) is 9.38. The number of esters is 1. The van der Waals surface area contributed by atoms with Gasteiger partial charge in [-0.2, -0.15) is 0 Å². The number of terminal acetylenes is 1. The van der Waals surface area contributed by atoms with E-state index in [1.54, 1.807) is 44.7 Å². The van der Waals surface area contributed by atoms with Crippen molar-refractivity contribution in [2.45, 2.75) is 46.8 Å². The van der Waals surface area contributed by atoms with Crippen LogP contribution in [0.2, 0.25) is 0 Å². The predicted molar refractivity (Wildman–Crippen MR) is 123 cm³/mol. The van der Waals surface area contributed by atoms with E-state index in [-0.39, 0.29) is 17.7 Å². The zero-order valence-corrected chi connectivity index (χ0v) is 18.9. The van der Waals surface area contributed by atoms with Crippen molar-refractivity contribution in [1.82, 2.24) is 9.97 Å². The van der Waals surface area contributed by atoms with E-state index in [0.29, 0.717) is 29.0 Å². The maximum atomic E-state index is 14.8. The van der Waals surface area contributed by atoms with E-state index in [4.69, 9.17) is 11.2 Å². The van der Waals surface area contributed by atoms with Gasteiger partial charge < -0.3 is 14.6 Å². The molecular formula is C25H26FN3O3. The summed E-state index contributed by atoms with van der Waals surface area (Å²) in [5.41, 5.74) is 1.84. The van der Waals surface area contributed by atoms with E-state index in [9.17, 15) is 14.0 Å². The molecule has 0 aliphatic carbocycles. The van der Waals surface area contributed by atoms with Crippen molar-refractivity contribution in [1.29, 1.82) is 0 Å². The lowest BCUT2D eigenvalue weighted by atomic mass is 10.0. The number of nitrogens with zero attached hydrogens (tertiary/aromatic N) is 2. The number of aryl methyl sites for hydroxylation is 2. The molecule has 6 nitrogen and oxygen atoms in total. The minimum atomic E-state index is -0.726. The zero-order valence-electron chi connectivity index (χ0n) is 18.9. The molecule has 166 valence electrons. The minimum Gasteiger partial charge on any atom is -0.456 e. The number of carbonyl (C=O) groups is 1. The third kappa shape index (κ3) is 5.14. The summed E-state index contributed by atoms with van der Waals surface area (Å²) in [5, 5.41) is 0.475. The minimum absolute atomic E-state index is 0.140. The molecule has 3 rings (SSSR count). The molecule has 0 unspecified atom stereocenters. The Morgan fingerprint density at radius 2 is 1.97 bits per heavy atom. The Bertz CT molecular complexity index is 1280. The van der Waals surface area contributed by atoms with E-state index in [1.807, 2.05) is 13.0 Å². The molecule has 0 spiro atoms. The predicted octanol–water partition coefficient (Wildman–Crippen LogP) is 4.27. The highest BCUT2D eigenvalue weighted by molar-refractivity contribution is 5.90. The number of fused-ring (bicyclic) bond motifs is 1. The van der Waals surface area contributed by atoms with E-state index in [1.165, 1.54) is 12.1 Å². The lowest BCUT2D eigenvalue weighted by molar-refractivity contribution is 0.00647. The van der Waals surface area contributed by atoms with Gasteiger partial charge in [-0.05, 0) is 76.1 Å². The number of H-pyrrole nitrogens is 1. The number of ether oxygens (including phenoxy) is 1. The van der Waals surface area contributed by atoms with Crippen molar-refractivity contribution < 1.29 is 13.9 Å². The summed E-state index contributed by atoms with van der Waals surface area (Å²) in [5.74, 6) is 1.71. The van der Waals surface area contributed by atoms with Crippen molar-refractivity contribution in [2.24, 2.45) is 0 Å². The van der Waals surface area contributed by atoms with Gasteiger partial charge in [-0.3, -0.25) is 4.79 Å². The van der Waals surface area contributed by atoms with Crippen LogP contribution in [0.4, 0.5) is 10.1 Å². The van der Waals surface area contributed by atoms with Crippen LogP contribution in [0.1, 0.15) is 48.1 Å². The molecule has 0 aliphatic heterocycles. The third-order valence-corrected chi connectivity index (χ3v) is 4.86. The van der Waals surface area contributed by atoms with Crippen LogP contribution in [-0.2, 0) is 11.3 Å². The first kappa shape index (κ1) is 23.0. The van der Waals surface area contributed by atoms with Crippen LogP contribution >= 0.6 is 0 Å². The Kier molecular flexibility index (Phi) is 6.35. The van der Waals surface area contributed by atoms with Crippen molar-refractivity contribution in [3.8, 4) is 12.3 Å². The second-order valence-electron chi connectivity index (χ2n) is 8.67. The maximum Gasteiger partial charge on any atom is 0.341 e. The summed E-state index contributed by atoms with van der Waals surface area (Å²) in [6, 6.07) is 7.93. The Labute approximate surface area is 186 Å². The number of rotatable bonds is 5. The van der Waals surface area contributed by atoms with Gasteiger partial charge in [-0.25, -0.2) is 14.2 Å². The number of nitrogens with one attached hydrogen (secondary N) is 1. The molecule has 0 amide bonds. The third-order valence-electron chi connectivity index (χ3n) is 4.86. The first-order valence-electron chi connectivity index (χ1n) is 10.2. The topological polar surface area (TPSA) is 75.3 Å². The Morgan fingerprint density at radius 1 is 1.25 bits per heavy atom. The van der Waals surface area contributed by atoms with Gasteiger partial charge in [0.2, 0.25) is 0 Å². The largest absolute Gasteiger partial charge is 0.456 e. The number of anilines is 1. The van der Waals surface area contributed by atoms with Gasteiger partial charge in [-0.1, -0.05) is 5.92 Å². The summed E-state index contributed by atoms with van der Waals surface area (Å²) >= 11 is 0. The average molecular weight is 435 g/mol. The van der Waals surface area contributed by atoms with Crippen LogP contribution in [0.15, 0.2) is 35.1 Å². The van der Waals surface area contributed by atoms with Gasteiger partial charge in [0.15, 0.2) is 0 Å². The van der Waals surface area contributed by atoms with E-state index in [0.717, 1.165) is 11.1 Å². The van der Waals surface area contributed by atoms with E-state index < -0.39 is 17.4 Å². The van der Waals surface area contributed by atoms with Crippen LogP contribution in [0.25, 0.3) is 10.9 Å². The standard InChI is InChI=1S/C25H26FN3O3/c1-7-10-29(18-8-9-19(21(26)13-18)24(31)32-25(4,5)6)14-17-12-20-22(11-15(17)2)27-16(3)28-23(20)30/h1,8-9,11-13H,10,14H2,2-6H3,(H,27,28,30). The Balaban J connectivity index is 1.95. The van der Waals surface area contributed by atoms with Gasteiger partial charge in [0.25, 0.3) is 5.56 Å². The van der Waals surface area contributed by atoms with Crippen molar-refractivity contribution in [3.63, 3.8) is 0 Å². The molecule has 3 aromatic rings. The summed E-state index contributed by atoms with van der Waals surface area (Å²) < 4.78 is 20.0. The molecule has 1 N–H and O–H groups in total. The number of halogens is 1. The number of carbonyl (C=O) groups excluding carboxylic acids is 1. The average Bonchev–Trinajstić information content (AvgIpc) is 2.66. The van der Waals surface area contributed by atoms with Crippen LogP contribution in [0.3, 0.4) is 0 Å². The molecule has 7 heteroatoms. The Hall–Kier alpha value is -3.66. The molecule has 0 fully saturated rings. The van der Waals surface area contributed by atoms with Crippen LogP contribution in [-0.4, -0.2) is 28.1 Å². The monoisotopic (exact) mass is 435 g/mol. The smallest absolute Gasteiger partial charge is 0.341 e. The molecule has 0 atom stereocenters. The van der Waals surface area contributed by atoms with Gasteiger partial charge >= 0.3 is 5.97 Å². The molecule has 0 radical (unpaired) electrons. The molecular weight excluding hydrogens is 409 g/mol. The molecule has 1 aromatic heterocycles. The van der Waals surface area contributed by atoms with Gasteiger partial charge in [-0.15, -0.1) is 6.42 Å². The van der Waals surface area contributed by atoms with Gasteiger partial charge in [0.1, 0.15) is 17.2 Å². The quantitative estimate of drug-likeness (QED) is 0.478. The van der Waals surface area contributed by atoms with Crippen LogP contribution < -0.4 is 10.5 Å². The van der Waals surface area contributed by atoms with E-state index in [2.05, 4.69) is 15.9 Å². The second-order valence-corrected chi connectivity index (χ2v) is 8.67. The molecule has 1 heterocycles. The number of hydrogen-bond donors (Lipinski definition) is 1. The molecule has 0 saturated heterocycles. The highest BCUT2D eigenvalue weighted by Gasteiger charge is 2.22. The number of aromatic nitrogens is 2.